The summed E-state index contributed by atoms with van der Waals surface area (Å²) in [6.07, 6.45) is 0.202. The van der Waals surface area contributed by atoms with Gasteiger partial charge in [0, 0.05) is 12.0 Å². The zero-order chi connectivity index (χ0) is 21.3. The van der Waals surface area contributed by atoms with Gasteiger partial charge in [-0.05, 0) is 49.8 Å². The van der Waals surface area contributed by atoms with Gasteiger partial charge in [0.05, 0.1) is 13.1 Å². The summed E-state index contributed by atoms with van der Waals surface area (Å²) < 4.78 is 5.29. The van der Waals surface area contributed by atoms with E-state index in [1.54, 1.807) is 4.90 Å². The molecule has 7 heteroatoms. The van der Waals surface area contributed by atoms with Crippen LogP contribution < -0.4 is 0 Å². The zero-order valence-electron chi connectivity index (χ0n) is 17.3. The summed E-state index contributed by atoms with van der Waals surface area (Å²) in [4.78, 5) is 33.3. The third-order valence-electron chi connectivity index (χ3n) is 5.20. The smallest absolute Gasteiger partial charge is 0.254 e. The predicted octanol–water partition coefficient (Wildman–Crippen LogP) is 3.26. The highest BCUT2D eigenvalue weighted by atomic mass is 16.5. The number of hydrogen-bond acceptors (Lipinski definition) is 6. The summed E-state index contributed by atoms with van der Waals surface area (Å²) in [5, 5.41) is 4.02. The number of carbonyl (C=O) groups is 2. The van der Waals surface area contributed by atoms with Crippen molar-refractivity contribution in [3.63, 3.8) is 0 Å². The number of aromatic nitrogens is 2. The van der Waals surface area contributed by atoms with E-state index in [1.165, 1.54) is 0 Å². The lowest BCUT2D eigenvalue weighted by molar-refractivity contribution is -0.116. The van der Waals surface area contributed by atoms with Gasteiger partial charge in [0.15, 0.2) is 11.6 Å². The molecule has 2 heterocycles. The third kappa shape index (κ3) is 4.02. The van der Waals surface area contributed by atoms with Gasteiger partial charge >= 0.3 is 0 Å². The molecule has 1 fully saturated rings. The molecule has 7 nitrogen and oxygen atoms in total. The number of hydrogen-bond donors (Lipinski definition) is 0. The second kappa shape index (κ2) is 8.20. The molecule has 0 saturated carbocycles. The molecule has 1 amide bonds. The molecule has 0 unspecified atom stereocenters. The Bertz CT molecular complexity index is 1080. The van der Waals surface area contributed by atoms with Crippen LogP contribution in [0.4, 0.5) is 0 Å². The van der Waals surface area contributed by atoms with E-state index in [0.717, 1.165) is 16.7 Å². The maximum atomic E-state index is 13.2. The van der Waals surface area contributed by atoms with Crippen molar-refractivity contribution < 1.29 is 14.1 Å². The van der Waals surface area contributed by atoms with Crippen LogP contribution in [0.2, 0.25) is 0 Å². The minimum absolute atomic E-state index is 0.00932. The van der Waals surface area contributed by atoms with Crippen LogP contribution in [0, 0.1) is 6.92 Å². The number of ketones is 1. The average Bonchev–Trinajstić information content (AvgIpc) is 3.33. The van der Waals surface area contributed by atoms with Crippen LogP contribution in [0.5, 0.6) is 0 Å². The summed E-state index contributed by atoms with van der Waals surface area (Å²) in [5.74, 6) is 0.631. The molecular weight excluding hydrogens is 380 g/mol. The molecule has 2 aromatic carbocycles. The number of carbonyl (C=O) groups excluding carboxylic acids is 2. The number of amides is 1. The first-order valence-corrected chi connectivity index (χ1v) is 9.88. The molecule has 4 rings (SSSR count). The minimum Gasteiger partial charge on any atom is -0.338 e. The monoisotopic (exact) mass is 404 g/mol. The molecule has 1 aliphatic heterocycles. The lowest BCUT2D eigenvalue weighted by atomic mass is 9.98. The van der Waals surface area contributed by atoms with Crippen LogP contribution in [0.15, 0.2) is 53.1 Å². The summed E-state index contributed by atoms with van der Waals surface area (Å²) in [7, 11) is 3.81. The second-order valence-electron chi connectivity index (χ2n) is 7.87. The Morgan fingerprint density at radius 3 is 2.67 bits per heavy atom. The quantitative estimate of drug-likeness (QED) is 0.649. The number of Topliss-reactive ketones (excluding diaryl/α,β-unsaturated/α-hetero) is 1. The molecule has 3 aromatic rings. The maximum absolute atomic E-state index is 13.2. The van der Waals surface area contributed by atoms with Crippen molar-refractivity contribution in [2.45, 2.75) is 25.9 Å². The van der Waals surface area contributed by atoms with Crippen LogP contribution in [0.1, 0.15) is 40.1 Å². The van der Waals surface area contributed by atoms with E-state index < -0.39 is 6.04 Å². The standard InChI is InChI=1S/C23H24N4O3/c1-15-11-17(9-10-19(15)16-7-5-4-6-8-16)23(29)27-13-18(28)12-20(27)22-24-21(30-25-22)14-26(2)3/h4-11,20H,12-14H2,1-3H3/t20-/m0/s1. The molecule has 1 aliphatic rings. The molecule has 1 aromatic heterocycles. The van der Waals surface area contributed by atoms with Gasteiger partial charge in [-0.25, -0.2) is 0 Å². The predicted molar refractivity (Wildman–Crippen MR) is 112 cm³/mol. The van der Waals surface area contributed by atoms with E-state index in [4.69, 9.17) is 4.52 Å². The van der Waals surface area contributed by atoms with Crippen LogP contribution in [0.25, 0.3) is 11.1 Å². The summed E-state index contributed by atoms with van der Waals surface area (Å²) in [5.41, 5.74) is 3.72. The summed E-state index contributed by atoms with van der Waals surface area (Å²) in [6, 6.07) is 15.2. The van der Waals surface area contributed by atoms with Crippen LogP contribution in [-0.2, 0) is 11.3 Å². The first kappa shape index (κ1) is 20.0. The molecule has 1 atom stereocenters. The van der Waals surface area contributed by atoms with Gasteiger partial charge in [-0.15, -0.1) is 0 Å². The number of benzene rings is 2. The van der Waals surface area contributed by atoms with Crippen molar-refractivity contribution >= 4 is 11.7 Å². The van der Waals surface area contributed by atoms with Crippen LogP contribution >= 0.6 is 0 Å². The first-order valence-electron chi connectivity index (χ1n) is 9.88. The van der Waals surface area contributed by atoms with E-state index in [0.29, 0.717) is 23.8 Å². The largest absolute Gasteiger partial charge is 0.338 e. The van der Waals surface area contributed by atoms with E-state index >= 15 is 0 Å². The van der Waals surface area contributed by atoms with Gasteiger partial charge in [-0.2, -0.15) is 4.98 Å². The lowest BCUT2D eigenvalue weighted by Crippen LogP contribution is -2.31. The van der Waals surface area contributed by atoms with E-state index in [-0.39, 0.29) is 24.7 Å². The molecule has 0 bridgehead atoms. The van der Waals surface area contributed by atoms with Crippen molar-refractivity contribution in [1.29, 1.82) is 0 Å². The molecule has 30 heavy (non-hydrogen) atoms. The van der Waals surface area contributed by atoms with Crippen LogP contribution in [-0.4, -0.2) is 52.3 Å². The highest BCUT2D eigenvalue weighted by Gasteiger charge is 2.38. The summed E-state index contributed by atoms with van der Waals surface area (Å²) in [6.45, 7) is 2.54. The molecule has 0 radical (unpaired) electrons. The Morgan fingerprint density at radius 2 is 1.97 bits per heavy atom. The summed E-state index contributed by atoms with van der Waals surface area (Å²) >= 11 is 0. The Hall–Kier alpha value is -3.32. The van der Waals surface area contributed by atoms with E-state index in [1.807, 2.05) is 74.4 Å². The lowest BCUT2D eigenvalue weighted by Gasteiger charge is -2.22. The third-order valence-corrected chi connectivity index (χ3v) is 5.20. The highest BCUT2D eigenvalue weighted by Crippen LogP contribution is 2.31. The van der Waals surface area contributed by atoms with Gasteiger partial charge < -0.3 is 14.3 Å². The van der Waals surface area contributed by atoms with Crippen molar-refractivity contribution in [1.82, 2.24) is 19.9 Å². The Kier molecular flexibility index (Phi) is 5.46. The fourth-order valence-corrected chi connectivity index (χ4v) is 3.78. The molecular formula is C23H24N4O3. The maximum Gasteiger partial charge on any atom is 0.254 e. The Morgan fingerprint density at radius 1 is 1.20 bits per heavy atom. The second-order valence-corrected chi connectivity index (χ2v) is 7.87. The van der Waals surface area contributed by atoms with Crippen molar-refractivity contribution in [3.05, 3.63) is 71.4 Å². The number of nitrogens with zero attached hydrogens (tertiary/aromatic N) is 4. The van der Waals surface area contributed by atoms with Crippen LogP contribution in [0.3, 0.4) is 0 Å². The Balaban J connectivity index is 1.59. The highest BCUT2D eigenvalue weighted by molar-refractivity contribution is 5.99. The van der Waals surface area contributed by atoms with Crippen molar-refractivity contribution in [2.75, 3.05) is 20.6 Å². The fourth-order valence-electron chi connectivity index (χ4n) is 3.78. The van der Waals surface area contributed by atoms with Gasteiger partial charge in [0.2, 0.25) is 5.89 Å². The van der Waals surface area contributed by atoms with Crippen molar-refractivity contribution in [3.8, 4) is 11.1 Å². The van der Waals surface area contributed by atoms with E-state index in [2.05, 4.69) is 10.1 Å². The number of aryl methyl sites for hydroxylation is 1. The van der Waals surface area contributed by atoms with Gasteiger partial charge in [0.25, 0.3) is 5.91 Å². The topological polar surface area (TPSA) is 79.5 Å². The number of rotatable bonds is 5. The normalized spacial score (nSPS) is 16.5. The number of likely N-dealkylation sites (tertiary alicyclic amines) is 1. The molecule has 1 saturated heterocycles. The first-order chi connectivity index (χ1) is 14.4. The Labute approximate surface area is 175 Å². The van der Waals surface area contributed by atoms with Crippen molar-refractivity contribution in [2.24, 2.45) is 0 Å². The molecule has 154 valence electrons. The molecule has 0 N–H and O–H groups in total. The molecule has 0 aliphatic carbocycles. The SMILES string of the molecule is Cc1cc(C(=O)N2CC(=O)C[C@H]2c2noc(CN(C)C)n2)ccc1-c1ccccc1. The minimum atomic E-state index is -0.501. The van der Waals surface area contributed by atoms with Gasteiger partial charge in [-0.1, -0.05) is 41.6 Å². The van der Waals surface area contributed by atoms with E-state index in [9.17, 15) is 9.59 Å². The average molecular weight is 404 g/mol. The fraction of sp³-hybridized carbons (Fsp3) is 0.304. The zero-order valence-corrected chi connectivity index (χ0v) is 17.3. The van der Waals surface area contributed by atoms with Gasteiger partial charge in [0.1, 0.15) is 6.04 Å². The van der Waals surface area contributed by atoms with Gasteiger partial charge in [-0.3, -0.25) is 9.59 Å². The molecule has 0 spiro atoms.